The van der Waals surface area contributed by atoms with Crippen molar-refractivity contribution in [2.45, 2.75) is 32.9 Å². The van der Waals surface area contributed by atoms with Crippen molar-refractivity contribution in [2.75, 3.05) is 19.8 Å². The lowest BCUT2D eigenvalue weighted by Crippen LogP contribution is -2.52. The van der Waals surface area contributed by atoms with Gasteiger partial charge < -0.3 is 9.47 Å². The molecule has 1 aliphatic heterocycles. The van der Waals surface area contributed by atoms with Crippen LogP contribution in [0.2, 0.25) is 0 Å². The Morgan fingerprint density at radius 1 is 1.46 bits per heavy atom. The van der Waals surface area contributed by atoms with E-state index in [9.17, 15) is 4.79 Å². The third-order valence-electron chi connectivity index (χ3n) is 2.15. The highest BCUT2D eigenvalue weighted by atomic mass is 16.6. The molecule has 0 N–H and O–H groups in total. The van der Waals surface area contributed by atoms with Gasteiger partial charge in [0.2, 0.25) is 0 Å². The highest BCUT2D eigenvalue weighted by Gasteiger charge is 2.30. The summed E-state index contributed by atoms with van der Waals surface area (Å²) in [5.74, 6) is 0. The first-order chi connectivity index (χ1) is 6.16. The van der Waals surface area contributed by atoms with E-state index in [1.165, 1.54) is 0 Å². The van der Waals surface area contributed by atoms with Crippen molar-refractivity contribution < 1.29 is 14.3 Å². The van der Waals surface area contributed by atoms with Gasteiger partial charge in [0.25, 0.3) is 0 Å². The number of hydrogen-bond acceptors (Lipinski definition) is 3. The first kappa shape index (κ1) is 10.3. The third kappa shape index (κ3) is 2.34. The van der Waals surface area contributed by atoms with Gasteiger partial charge in [-0.3, -0.25) is 4.90 Å². The van der Waals surface area contributed by atoms with Gasteiger partial charge >= 0.3 is 6.09 Å². The number of ether oxygens (including phenoxy) is 2. The van der Waals surface area contributed by atoms with Crippen molar-refractivity contribution in [3.05, 3.63) is 0 Å². The number of carbonyl (C=O) groups is 1. The Morgan fingerprint density at radius 2 is 2.00 bits per heavy atom. The smallest absolute Gasteiger partial charge is 0.410 e. The van der Waals surface area contributed by atoms with Gasteiger partial charge in [0, 0.05) is 0 Å². The molecule has 4 heteroatoms. The molecular weight excluding hydrogens is 170 g/mol. The molecule has 2 unspecified atom stereocenters. The van der Waals surface area contributed by atoms with Crippen molar-refractivity contribution in [1.82, 2.24) is 4.90 Å². The predicted octanol–water partition coefficient (Wildman–Crippen LogP) is 1.25. The molecule has 0 saturated carbocycles. The maximum absolute atomic E-state index is 11.5. The summed E-state index contributed by atoms with van der Waals surface area (Å²) < 4.78 is 10.3. The fourth-order valence-corrected chi connectivity index (χ4v) is 1.56. The van der Waals surface area contributed by atoms with Gasteiger partial charge in [0.05, 0.1) is 31.9 Å². The van der Waals surface area contributed by atoms with Gasteiger partial charge in [0.1, 0.15) is 0 Å². The van der Waals surface area contributed by atoms with Gasteiger partial charge in [0.15, 0.2) is 0 Å². The van der Waals surface area contributed by atoms with Crippen LogP contribution in [0, 0.1) is 0 Å². The molecule has 1 rings (SSSR count). The predicted molar refractivity (Wildman–Crippen MR) is 48.6 cm³/mol. The summed E-state index contributed by atoms with van der Waals surface area (Å²) >= 11 is 0. The molecule has 1 saturated heterocycles. The number of carbonyl (C=O) groups excluding carboxylic acids is 1. The number of amides is 1. The summed E-state index contributed by atoms with van der Waals surface area (Å²) in [7, 11) is 0. The monoisotopic (exact) mass is 187 g/mol. The van der Waals surface area contributed by atoms with Crippen LogP contribution in [-0.2, 0) is 9.47 Å². The maximum Gasteiger partial charge on any atom is 0.410 e. The quantitative estimate of drug-likeness (QED) is 0.620. The van der Waals surface area contributed by atoms with Crippen LogP contribution in [0.5, 0.6) is 0 Å². The third-order valence-corrected chi connectivity index (χ3v) is 2.15. The summed E-state index contributed by atoms with van der Waals surface area (Å²) in [6.45, 7) is 7.37. The molecule has 4 nitrogen and oxygen atoms in total. The highest BCUT2D eigenvalue weighted by Crippen LogP contribution is 2.14. The summed E-state index contributed by atoms with van der Waals surface area (Å²) in [6, 6.07) is 0.227. The first-order valence-electron chi connectivity index (χ1n) is 4.69. The molecule has 0 aromatic rings. The summed E-state index contributed by atoms with van der Waals surface area (Å²) in [5.41, 5.74) is 0. The molecule has 0 bridgehead atoms. The minimum atomic E-state index is -0.231. The number of morpholine rings is 1. The van der Waals surface area contributed by atoms with E-state index in [-0.39, 0.29) is 18.2 Å². The Bertz CT molecular complexity index is 174. The van der Waals surface area contributed by atoms with Crippen LogP contribution < -0.4 is 0 Å². The van der Waals surface area contributed by atoms with Crippen LogP contribution in [0.3, 0.4) is 0 Å². The zero-order valence-electron chi connectivity index (χ0n) is 8.45. The number of hydrogen-bond donors (Lipinski definition) is 0. The standard InChI is InChI=1S/C9H17NO3/c1-4-13-9(11)10-7(2)5-12-6-8(10)3/h7-8H,4-6H2,1-3H3. The van der Waals surface area contributed by atoms with Crippen molar-refractivity contribution in [3.8, 4) is 0 Å². The Labute approximate surface area is 78.8 Å². The maximum atomic E-state index is 11.5. The van der Waals surface area contributed by atoms with Gasteiger partial charge in [-0.2, -0.15) is 0 Å². The second-order valence-corrected chi connectivity index (χ2v) is 3.34. The minimum absolute atomic E-state index is 0.114. The van der Waals surface area contributed by atoms with Crippen LogP contribution in [-0.4, -0.2) is 42.9 Å². The molecule has 1 fully saturated rings. The van der Waals surface area contributed by atoms with Gasteiger partial charge in [-0.1, -0.05) is 0 Å². The minimum Gasteiger partial charge on any atom is -0.450 e. The molecule has 0 aromatic heterocycles. The van der Waals surface area contributed by atoms with Crippen molar-refractivity contribution in [3.63, 3.8) is 0 Å². The van der Waals surface area contributed by atoms with Crippen LogP contribution in [0.4, 0.5) is 4.79 Å². The van der Waals surface area contributed by atoms with Crippen molar-refractivity contribution in [1.29, 1.82) is 0 Å². The molecule has 1 aliphatic rings. The summed E-state index contributed by atoms with van der Waals surface area (Å²) in [5, 5.41) is 0. The number of rotatable bonds is 1. The van der Waals surface area contributed by atoms with E-state index < -0.39 is 0 Å². The van der Waals surface area contributed by atoms with E-state index in [2.05, 4.69) is 0 Å². The zero-order valence-corrected chi connectivity index (χ0v) is 8.45. The average molecular weight is 187 g/mol. The van der Waals surface area contributed by atoms with E-state index in [4.69, 9.17) is 9.47 Å². The lowest BCUT2D eigenvalue weighted by atomic mass is 10.2. The van der Waals surface area contributed by atoms with Gasteiger partial charge in [-0.25, -0.2) is 4.79 Å². The van der Waals surface area contributed by atoms with Crippen LogP contribution in [0.1, 0.15) is 20.8 Å². The molecule has 0 aliphatic carbocycles. The molecule has 0 spiro atoms. The Kier molecular flexibility index (Phi) is 3.54. The highest BCUT2D eigenvalue weighted by molar-refractivity contribution is 5.68. The lowest BCUT2D eigenvalue weighted by Gasteiger charge is -2.37. The fraction of sp³-hybridized carbons (Fsp3) is 0.889. The largest absolute Gasteiger partial charge is 0.450 e. The van der Waals surface area contributed by atoms with Crippen molar-refractivity contribution >= 4 is 6.09 Å². The normalized spacial score (nSPS) is 28.7. The lowest BCUT2D eigenvalue weighted by molar-refractivity contribution is -0.0324. The Morgan fingerprint density at radius 3 is 2.46 bits per heavy atom. The fourth-order valence-electron chi connectivity index (χ4n) is 1.56. The molecule has 13 heavy (non-hydrogen) atoms. The average Bonchev–Trinajstić information content (AvgIpc) is 2.04. The van der Waals surface area contributed by atoms with Crippen molar-refractivity contribution in [2.24, 2.45) is 0 Å². The Hall–Kier alpha value is -0.770. The molecule has 76 valence electrons. The molecule has 0 radical (unpaired) electrons. The molecular formula is C9H17NO3. The van der Waals surface area contributed by atoms with Crippen LogP contribution in [0.15, 0.2) is 0 Å². The van der Waals surface area contributed by atoms with Crippen LogP contribution >= 0.6 is 0 Å². The Balaban J connectivity index is 2.57. The summed E-state index contributed by atoms with van der Waals surface area (Å²) in [6.07, 6.45) is -0.231. The van der Waals surface area contributed by atoms with E-state index >= 15 is 0 Å². The van der Waals surface area contributed by atoms with E-state index in [1.807, 2.05) is 20.8 Å². The van der Waals surface area contributed by atoms with E-state index in [0.717, 1.165) is 0 Å². The topological polar surface area (TPSA) is 38.8 Å². The second kappa shape index (κ2) is 4.46. The molecule has 1 heterocycles. The van der Waals surface area contributed by atoms with Crippen LogP contribution in [0.25, 0.3) is 0 Å². The van der Waals surface area contributed by atoms with E-state index in [1.54, 1.807) is 4.90 Å². The first-order valence-corrected chi connectivity index (χ1v) is 4.69. The molecule has 2 atom stereocenters. The van der Waals surface area contributed by atoms with E-state index in [0.29, 0.717) is 19.8 Å². The SMILES string of the molecule is CCOC(=O)N1C(C)COCC1C. The summed E-state index contributed by atoms with van der Waals surface area (Å²) in [4.78, 5) is 13.2. The number of nitrogens with zero attached hydrogens (tertiary/aromatic N) is 1. The van der Waals surface area contributed by atoms with Gasteiger partial charge in [-0.15, -0.1) is 0 Å². The second-order valence-electron chi connectivity index (χ2n) is 3.34. The van der Waals surface area contributed by atoms with Gasteiger partial charge in [-0.05, 0) is 20.8 Å². The molecule has 1 amide bonds. The zero-order chi connectivity index (χ0) is 9.84. The molecule has 0 aromatic carbocycles.